The van der Waals surface area contributed by atoms with Crippen LogP contribution in [0, 0.1) is 0 Å². The number of benzene rings is 3. The summed E-state index contributed by atoms with van der Waals surface area (Å²) >= 11 is -0.0546. The monoisotopic (exact) mass is 467 g/mol. The van der Waals surface area contributed by atoms with Crippen LogP contribution in [0.25, 0.3) is 11.1 Å². The molecule has 0 fully saturated rings. The predicted molar refractivity (Wildman–Crippen MR) is 116 cm³/mol. The third-order valence-electron chi connectivity index (χ3n) is 5.09. The molecule has 0 bridgehead atoms. The first-order valence-electron chi connectivity index (χ1n) is 9.65. The van der Waals surface area contributed by atoms with Gasteiger partial charge in [0.15, 0.2) is 0 Å². The Bertz CT molecular complexity index is 1010. The summed E-state index contributed by atoms with van der Waals surface area (Å²) in [6.45, 7) is 0.163. The van der Waals surface area contributed by atoms with Crippen LogP contribution < -0.4 is 9.78 Å². The molecule has 0 saturated heterocycles. The summed E-state index contributed by atoms with van der Waals surface area (Å²) in [4.78, 5) is 23.9. The number of nitrogens with one attached hydrogen (secondary N) is 1. The van der Waals surface area contributed by atoms with Crippen molar-refractivity contribution in [3.8, 4) is 11.1 Å². The van der Waals surface area contributed by atoms with Crippen molar-refractivity contribution in [3.63, 3.8) is 0 Å². The van der Waals surface area contributed by atoms with Crippen molar-refractivity contribution >= 4 is 31.5 Å². The van der Waals surface area contributed by atoms with Gasteiger partial charge in [0.05, 0.1) is 0 Å². The van der Waals surface area contributed by atoms with E-state index in [4.69, 9.17) is 4.74 Å². The molecule has 0 saturated carbocycles. The van der Waals surface area contributed by atoms with Crippen LogP contribution in [-0.4, -0.2) is 44.8 Å². The first kappa shape index (κ1) is 20.2. The van der Waals surface area contributed by atoms with Crippen LogP contribution in [0.2, 0.25) is 5.32 Å². The van der Waals surface area contributed by atoms with E-state index >= 15 is 0 Å². The molecule has 0 heterocycles. The van der Waals surface area contributed by atoms with Crippen molar-refractivity contribution < 1.29 is 19.4 Å². The van der Waals surface area contributed by atoms with E-state index in [0.29, 0.717) is 5.32 Å². The van der Waals surface area contributed by atoms with E-state index in [1.54, 1.807) is 0 Å². The van der Waals surface area contributed by atoms with Gasteiger partial charge in [-0.05, 0) is 0 Å². The minimum absolute atomic E-state index is 0.0546. The average Bonchev–Trinajstić information content (AvgIpc) is 3.09. The molecule has 5 nitrogen and oxygen atoms in total. The normalized spacial score (nSPS) is 13.2. The van der Waals surface area contributed by atoms with E-state index in [1.807, 2.05) is 66.7 Å². The number of carbonyl (C=O) groups is 2. The summed E-state index contributed by atoms with van der Waals surface area (Å²) in [5.41, 5.74) is 4.54. The van der Waals surface area contributed by atoms with Gasteiger partial charge in [-0.2, -0.15) is 0 Å². The number of ether oxygens (including phenoxy) is 1. The fraction of sp³-hybridized carbons (Fsp3) is 0.167. The maximum atomic E-state index is 12.4. The van der Waals surface area contributed by atoms with Gasteiger partial charge < -0.3 is 0 Å². The second-order valence-electron chi connectivity index (χ2n) is 6.98. The average molecular weight is 466 g/mol. The summed E-state index contributed by atoms with van der Waals surface area (Å²) in [5, 5.41) is 12.4. The molecule has 3 aromatic rings. The molecule has 1 aliphatic rings. The molecule has 0 aromatic heterocycles. The molecule has 1 aliphatic carbocycles. The van der Waals surface area contributed by atoms with Crippen LogP contribution in [0.3, 0.4) is 0 Å². The second kappa shape index (κ2) is 9.16. The van der Waals surface area contributed by atoms with Crippen molar-refractivity contribution in [2.75, 3.05) is 6.61 Å². The number of alkyl carbamates (subject to hydrolysis) is 1. The van der Waals surface area contributed by atoms with Crippen LogP contribution in [0.15, 0.2) is 78.9 Å². The molecule has 4 rings (SSSR count). The van der Waals surface area contributed by atoms with Crippen LogP contribution in [0.1, 0.15) is 17.0 Å². The Morgan fingerprint density at radius 3 is 2.07 bits per heavy atom. The molecule has 1 atom stereocenters. The van der Waals surface area contributed by atoms with E-state index < -0.39 is 18.1 Å². The van der Waals surface area contributed by atoms with E-state index in [1.165, 1.54) is 0 Å². The third-order valence-corrected chi connectivity index (χ3v) is 7.41. The Kier molecular flexibility index (Phi) is 6.17. The standard InChI is InChI=1S/C24H21NO4Se/c26-23(27)22(15-30-16-8-2-1-3-9-16)25-24(28)29-14-21-19-12-6-4-10-17(19)18-11-5-7-13-20(18)21/h1-13,21-22H,14-15H2,(H,25,28)(H,26,27). The predicted octanol–water partition coefficient (Wildman–Crippen LogP) is 3.43. The molecule has 30 heavy (non-hydrogen) atoms. The van der Waals surface area contributed by atoms with Crippen molar-refractivity contribution in [3.05, 3.63) is 90.0 Å². The van der Waals surface area contributed by atoms with E-state index in [0.717, 1.165) is 26.7 Å². The van der Waals surface area contributed by atoms with Gasteiger partial charge in [0.1, 0.15) is 0 Å². The first-order valence-corrected chi connectivity index (χ1v) is 11.7. The summed E-state index contributed by atoms with van der Waals surface area (Å²) < 4.78 is 6.55. The zero-order valence-corrected chi connectivity index (χ0v) is 17.9. The zero-order valence-electron chi connectivity index (χ0n) is 16.2. The van der Waals surface area contributed by atoms with Gasteiger partial charge in [-0.15, -0.1) is 0 Å². The first-order chi connectivity index (χ1) is 14.6. The van der Waals surface area contributed by atoms with Gasteiger partial charge >= 0.3 is 181 Å². The van der Waals surface area contributed by atoms with Gasteiger partial charge in [0.25, 0.3) is 0 Å². The Hall–Kier alpha value is -3.08. The molecule has 0 radical (unpaired) electrons. The number of rotatable bonds is 7. The number of hydrogen-bond acceptors (Lipinski definition) is 3. The fourth-order valence-electron chi connectivity index (χ4n) is 3.65. The number of carbonyl (C=O) groups excluding carboxylic acids is 1. The molecule has 0 aliphatic heterocycles. The van der Waals surface area contributed by atoms with Gasteiger partial charge in [0.2, 0.25) is 0 Å². The topological polar surface area (TPSA) is 75.6 Å². The number of hydrogen-bond donors (Lipinski definition) is 2. The van der Waals surface area contributed by atoms with Crippen molar-refractivity contribution in [1.29, 1.82) is 0 Å². The molecule has 6 heteroatoms. The van der Waals surface area contributed by atoms with Crippen LogP contribution >= 0.6 is 0 Å². The number of aliphatic carboxylic acids is 1. The molecule has 2 N–H and O–H groups in total. The minimum atomic E-state index is -1.05. The van der Waals surface area contributed by atoms with Crippen molar-refractivity contribution in [1.82, 2.24) is 5.32 Å². The SMILES string of the molecule is O=C(NC(C[Se]c1ccccc1)C(=O)O)OCC1c2ccccc2-c2ccccc21. The summed E-state index contributed by atoms with van der Waals surface area (Å²) in [6, 6.07) is 24.9. The summed E-state index contributed by atoms with van der Waals surface area (Å²) in [7, 11) is 0. The Labute approximate surface area is 181 Å². The Morgan fingerprint density at radius 2 is 1.47 bits per heavy atom. The fourth-order valence-corrected chi connectivity index (χ4v) is 5.61. The van der Waals surface area contributed by atoms with Gasteiger partial charge in [-0.3, -0.25) is 0 Å². The van der Waals surface area contributed by atoms with Gasteiger partial charge in [-0.25, -0.2) is 0 Å². The number of carboxylic acid groups (broad SMARTS) is 1. The second-order valence-corrected chi connectivity index (χ2v) is 9.28. The molecule has 152 valence electrons. The molecular formula is C24H21NO4Se. The quantitative estimate of drug-likeness (QED) is 0.524. The molecule has 0 spiro atoms. The van der Waals surface area contributed by atoms with E-state index in [-0.39, 0.29) is 27.5 Å². The van der Waals surface area contributed by atoms with E-state index in [9.17, 15) is 14.7 Å². The van der Waals surface area contributed by atoms with Crippen LogP contribution in [-0.2, 0) is 9.53 Å². The van der Waals surface area contributed by atoms with Crippen LogP contribution in [0.5, 0.6) is 0 Å². The molecule has 1 unspecified atom stereocenters. The zero-order chi connectivity index (χ0) is 20.9. The van der Waals surface area contributed by atoms with Crippen molar-refractivity contribution in [2.45, 2.75) is 17.3 Å². The molecule has 1 amide bonds. The van der Waals surface area contributed by atoms with Crippen LogP contribution in [0.4, 0.5) is 4.79 Å². The Morgan fingerprint density at radius 1 is 0.900 bits per heavy atom. The summed E-state index contributed by atoms with van der Waals surface area (Å²) in [6.07, 6.45) is -0.701. The number of carboxylic acids is 1. The molecular weight excluding hydrogens is 445 g/mol. The van der Waals surface area contributed by atoms with Gasteiger partial charge in [-0.1, -0.05) is 0 Å². The van der Waals surface area contributed by atoms with Gasteiger partial charge in [0, 0.05) is 0 Å². The maximum absolute atomic E-state index is 12.4. The summed E-state index contributed by atoms with van der Waals surface area (Å²) in [5.74, 6) is -1.11. The van der Waals surface area contributed by atoms with Crippen molar-refractivity contribution in [2.24, 2.45) is 0 Å². The van der Waals surface area contributed by atoms with E-state index in [2.05, 4.69) is 17.4 Å². The number of fused-ring (bicyclic) bond motifs is 3. The molecule has 3 aromatic carbocycles. The Balaban J connectivity index is 1.38. The third kappa shape index (κ3) is 4.40. The number of amides is 1.